The molecular formula is C12H24N2O2. The van der Waals surface area contributed by atoms with E-state index in [4.69, 9.17) is 4.74 Å². The van der Waals surface area contributed by atoms with E-state index in [1.807, 2.05) is 6.92 Å². The summed E-state index contributed by atoms with van der Waals surface area (Å²) < 4.78 is 5.16. The van der Waals surface area contributed by atoms with Crippen molar-refractivity contribution in [2.24, 2.45) is 5.92 Å². The molecule has 0 radical (unpaired) electrons. The summed E-state index contributed by atoms with van der Waals surface area (Å²) in [6, 6.07) is -0.0835. The molecule has 1 saturated heterocycles. The molecule has 1 atom stereocenters. The first-order valence-electron chi connectivity index (χ1n) is 6.28. The quantitative estimate of drug-likeness (QED) is 0.725. The Morgan fingerprint density at radius 2 is 2.12 bits per heavy atom. The maximum atomic E-state index is 11.9. The number of rotatable bonds is 4. The molecule has 0 aromatic rings. The van der Waals surface area contributed by atoms with Crippen LogP contribution in [0.3, 0.4) is 0 Å². The van der Waals surface area contributed by atoms with Crippen LogP contribution in [0.2, 0.25) is 0 Å². The molecule has 1 aliphatic rings. The summed E-state index contributed by atoms with van der Waals surface area (Å²) in [5.41, 5.74) is 0. The summed E-state index contributed by atoms with van der Waals surface area (Å²) in [5, 5.41) is 3.35. The predicted octanol–water partition coefficient (Wildman–Crippen LogP) is 0.869. The van der Waals surface area contributed by atoms with Gasteiger partial charge in [0.1, 0.15) is 6.04 Å². The zero-order valence-electron chi connectivity index (χ0n) is 10.7. The molecule has 0 aromatic carbocycles. The number of carbonyl (C=O) groups excluding carboxylic acids is 1. The standard InChI is InChI=1S/C12H24N2O2/c1-4-16-12(15)11(10(2)3)14-8-5-6-13-7-9-14/h10-11,13H,4-9H2,1-3H3. The molecular weight excluding hydrogens is 204 g/mol. The number of nitrogens with zero attached hydrogens (tertiary/aromatic N) is 1. The number of esters is 1. The second-order valence-corrected chi connectivity index (χ2v) is 4.58. The maximum Gasteiger partial charge on any atom is 0.323 e. The Kier molecular flexibility index (Phi) is 5.77. The Morgan fingerprint density at radius 3 is 2.75 bits per heavy atom. The number of hydrogen-bond donors (Lipinski definition) is 1. The van der Waals surface area contributed by atoms with E-state index in [0.29, 0.717) is 12.5 Å². The zero-order valence-corrected chi connectivity index (χ0v) is 10.7. The van der Waals surface area contributed by atoms with Crippen LogP contribution in [-0.4, -0.2) is 49.7 Å². The van der Waals surface area contributed by atoms with Crippen molar-refractivity contribution in [3.8, 4) is 0 Å². The van der Waals surface area contributed by atoms with E-state index in [0.717, 1.165) is 32.6 Å². The Balaban J connectivity index is 2.63. The van der Waals surface area contributed by atoms with Crippen molar-refractivity contribution in [1.29, 1.82) is 0 Å². The molecule has 1 rings (SSSR count). The van der Waals surface area contributed by atoms with Gasteiger partial charge in [-0.3, -0.25) is 9.69 Å². The van der Waals surface area contributed by atoms with Gasteiger partial charge in [0, 0.05) is 19.6 Å². The predicted molar refractivity (Wildman–Crippen MR) is 64.3 cm³/mol. The normalized spacial score (nSPS) is 20.5. The highest BCUT2D eigenvalue weighted by Crippen LogP contribution is 2.14. The van der Waals surface area contributed by atoms with Crippen molar-refractivity contribution in [1.82, 2.24) is 10.2 Å². The van der Waals surface area contributed by atoms with Crippen molar-refractivity contribution >= 4 is 5.97 Å². The Hall–Kier alpha value is -0.610. The summed E-state index contributed by atoms with van der Waals surface area (Å²) >= 11 is 0. The number of carbonyl (C=O) groups is 1. The van der Waals surface area contributed by atoms with Gasteiger partial charge in [-0.15, -0.1) is 0 Å². The minimum atomic E-state index is -0.0835. The molecule has 4 heteroatoms. The van der Waals surface area contributed by atoms with Crippen molar-refractivity contribution in [2.75, 3.05) is 32.8 Å². The molecule has 1 unspecified atom stereocenters. The first-order chi connectivity index (χ1) is 7.66. The van der Waals surface area contributed by atoms with Crippen molar-refractivity contribution in [3.63, 3.8) is 0 Å². The molecule has 94 valence electrons. The third kappa shape index (κ3) is 3.76. The van der Waals surface area contributed by atoms with E-state index >= 15 is 0 Å². The number of ether oxygens (including phenoxy) is 1. The molecule has 0 saturated carbocycles. The Labute approximate surface area is 98.3 Å². The third-order valence-electron chi connectivity index (χ3n) is 2.93. The number of hydrogen-bond acceptors (Lipinski definition) is 4. The molecule has 1 fully saturated rings. The van der Waals surface area contributed by atoms with Crippen LogP contribution in [0.15, 0.2) is 0 Å². The minimum absolute atomic E-state index is 0.0700. The average Bonchev–Trinajstić information content (AvgIpc) is 2.46. The highest BCUT2D eigenvalue weighted by molar-refractivity contribution is 5.76. The molecule has 0 amide bonds. The van der Waals surface area contributed by atoms with Crippen LogP contribution in [0, 0.1) is 5.92 Å². The summed E-state index contributed by atoms with van der Waals surface area (Å²) in [6.07, 6.45) is 1.10. The van der Waals surface area contributed by atoms with Gasteiger partial charge in [0.25, 0.3) is 0 Å². The van der Waals surface area contributed by atoms with E-state index in [2.05, 4.69) is 24.1 Å². The van der Waals surface area contributed by atoms with Crippen LogP contribution < -0.4 is 5.32 Å². The summed E-state index contributed by atoms with van der Waals surface area (Å²) in [5.74, 6) is 0.233. The molecule has 0 aromatic heterocycles. The van der Waals surface area contributed by atoms with Crippen LogP contribution >= 0.6 is 0 Å². The molecule has 4 nitrogen and oxygen atoms in total. The van der Waals surface area contributed by atoms with Crippen LogP contribution in [0.4, 0.5) is 0 Å². The van der Waals surface area contributed by atoms with E-state index in [1.165, 1.54) is 0 Å². The van der Waals surface area contributed by atoms with Gasteiger partial charge in [0.2, 0.25) is 0 Å². The highest BCUT2D eigenvalue weighted by Gasteiger charge is 2.30. The van der Waals surface area contributed by atoms with Gasteiger partial charge in [-0.05, 0) is 25.8 Å². The Bertz CT molecular complexity index is 211. The SMILES string of the molecule is CCOC(=O)C(C(C)C)N1CCCNCC1. The third-order valence-corrected chi connectivity index (χ3v) is 2.93. The zero-order chi connectivity index (χ0) is 12.0. The van der Waals surface area contributed by atoms with Gasteiger partial charge >= 0.3 is 5.97 Å². The van der Waals surface area contributed by atoms with Crippen molar-refractivity contribution < 1.29 is 9.53 Å². The lowest BCUT2D eigenvalue weighted by atomic mass is 10.0. The lowest BCUT2D eigenvalue weighted by molar-refractivity contribution is -0.151. The molecule has 16 heavy (non-hydrogen) atoms. The summed E-state index contributed by atoms with van der Waals surface area (Å²) in [4.78, 5) is 14.2. The fourth-order valence-corrected chi connectivity index (χ4v) is 2.22. The smallest absolute Gasteiger partial charge is 0.323 e. The van der Waals surface area contributed by atoms with E-state index in [9.17, 15) is 4.79 Å². The van der Waals surface area contributed by atoms with E-state index in [1.54, 1.807) is 0 Å². The second-order valence-electron chi connectivity index (χ2n) is 4.58. The van der Waals surface area contributed by atoms with Gasteiger partial charge in [0.05, 0.1) is 6.61 Å². The van der Waals surface area contributed by atoms with Crippen molar-refractivity contribution in [2.45, 2.75) is 33.2 Å². The van der Waals surface area contributed by atoms with Crippen molar-refractivity contribution in [3.05, 3.63) is 0 Å². The first kappa shape index (κ1) is 13.5. The largest absolute Gasteiger partial charge is 0.465 e. The molecule has 0 spiro atoms. The van der Waals surface area contributed by atoms with Crippen LogP contribution in [0.5, 0.6) is 0 Å². The van der Waals surface area contributed by atoms with Crippen LogP contribution in [0.25, 0.3) is 0 Å². The molecule has 0 bridgehead atoms. The van der Waals surface area contributed by atoms with Gasteiger partial charge < -0.3 is 10.1 Å². The van der Waals surface area contributed by atoms with Crippen LogP contribution in [0.1, 0.15) is 27.2 Å². The first-order valence-corrected chi connectivity index (χ1v) is 6.28. The fraction of sp³-hybridized carbons (Fsp3) is 0.917. The topological polar surface area (TPSA) is 41.6 Å². The monoisotopic (exact) mass is 228 g/mol. The average molecular weight is 228 g/mol. The summed E-state index contributed by atoms with van der Waals surface area (Å²) in [6.45, 7) is 10.4. The van der Waals surface area contributed by atoms with E-state index in [-0.39, 0.29) is 12.0 Å². The maximum absolute atomic E-state index is 11.9. The second kappa shape index (κ2) is 6.86. The summed E-state index contributed by atoms with van der Waals surface area (Å²) in [7, 11) is 0. The van der Waals surface area contributed by atoms with Gasteiger partial charge in [-0.2, -0.15) is 0 Å². The molecule has 1 aliphatic heterocycles. The van der Waals surface area contributed by atoms with E-state index < -0.39 is 0 Å². The van der Waals surface area contributed by atoms with Crippen LogP contribution in [-0.2, 0) is 9.53 Å². The number of nitrogens with one attached hydrogen (secondary N) is 1. The van der Waals surface area contributed by atoms with Gasteiger partial charge in [0.15, 0.2) is 0 Å². The Morgan fingerprint density at radius 1 is 1.38 bits per heavy atom. The van der Waals surface area contributed by atoms with Gasteiger partial charge in [-0.1, -0.05) is 13.8 Å². The fourth-order valence-electron chi connectivity index (χ4n) is 2.22. The highest BCUT2D eigenvalue weighted by atomic mass is 16.5. The molecule has 1 heterocycles. The lowest BCUT2D eigenvalue weighted by Gasteiger charge is -2.31. The molecule has 0 aliphatic carbocycles. The van der Waals surface area contributed by atoms with Gasteiger partial charge in [-0.25, -0.2) is 0 Å². The minimum Gasteiger partial charge on any atom is -0.465 e. The lowest BCUT2D eigenvalue weighted by Crippen LogP contribution is -2.47. The molecule has 1 N–H and O–H groups in total.